The number of thioether (sulfide) groups is 1. The summed E-state index contributed by atoms with van der Waals surface area (Å²) in [6.45, 7) is 0.835. The van der Waals surface area contributed by atoms with Gasteiger partial charge in [-0.25, -0.2) is 0 Å². The minimum atomic E-state index is -0.703. The fourth-order valence-electron chi connectivity index (χ4n) is 3.32. The lowest BCUT2D eigenvalue weighted by Crippen LogP contribution is -2.46. The second-order valence-electron chi connectivity index (χ2n) is 5.82. The average molecular weight is 348 g/mol. The third kappa shape index (κ3) is 3.62. The molecule has 0 amide bonds. The van der Waals surface area contributed by atoms with Crippen LogP contribution in [0, 0.1) is 0 Å². The Bertz CT molecular complexity index is 640. The largest absolute Gasteiger partial charge is 0.480 e. The Balaban J connectivity index is 1.99. The van der Waals surface area contributed by atoms with Gasteiger partial charge < -0.3 is 5.11 Å². The molecule has 23 heavy (non-hydrogen) atoms. The van der Waals surface area contributed by atoms with Crippen molar-refractivity contribution in [1.29, 1.82) is 0 Å². The molecule has 0 spiro atoms. The van der Waals surface area contributed by atoms with Crippen molar-refractivity contribution in [1.82, 2.24) is 4.90 Å². The molecule has 1 aromatic carbocycles. The minimum absolute atomic E-state index is 0.0264. The van der Waals surface area contributed by atoms with Crippen molar-refractivity contribution in [3.05, 3.63) is 52.2 Å². The molecule has 3 nitrogen and oxygen atoms in total. The van der Waals surface area contributed by atoms with Crippen LogP contribution < -0.4 is 0 Å². The second-order valence-corrected chi connectivity index (χ2v) is 7.48. The van der Waals surface area contributed by atoms with Gasteiger partial charge in [-0.1, -0.05) is 18.6 Å². The van der Waals surface area contributed by atoms with Crippen molar-refractivity contribution in [2.24, 2.45) is 0 Å². The van der Waals surface area contributed by atoms with Gasteiger partial charge in [0.05, 0.1) is 6.04 Å². The van der Waals surface area contributed by atoms with Gasteiger partial charge in [0.25, 0.3) is 0 Å². The summed E-state index contributed by atoms with van der Waals surface area (Å²) in [4.78, 5) is 15.1. The highest BCUT2D eigenvalue weighted by molar-refractivity contribution is 7.98. The molecule has 2 atom stereocenters. The van der Waals surface area contributed by atoms with Gasteiger partial charge in [-0.05, 0) is 65.7 Å². The van der Waals surface area contributed by atoms with Crippen LogP contribution in [0.2, 0.25) is 0 Å². The molecule has 5 heteroatoms. The van der Waals surface area contributed by atoms with Gasteiger partial charge in [-0.2, -0.15) is 11.3 Å². The summed E-state index contributed by atoms with van der Waals surface area (Å²) in [5.74, 6) is -0.703. The molecule has 0 radical (unpaired) electrons. The van der Waals surface area contributed by atoms with Crippen molar-refractivity contribution in [3.63, 3.8) is 0 Å². The maximum absolute atomic E-state index is 11.7. The normalized spacial score (nSPS) is 20.3. The lowest BCUT2D eigenvalue weighted by molar-refractivity contribution is -0.145. The molecule has 2 heterocycles. The standard InChI is InChI=1S/C18H21NO2S2/c1-22-15-7-5-13(6-8-15)17(14-9-11-23-12-14)19-10-3-2-4-16(19)18(20)21/h5-9,11-12,16-17H,2-4,10H2,1H3,(H,20,21). The molecule has 0 aliphatic carbocycles. The smallest absolute Gasteiger partial charge is 0.320 e. The highest BCUT2D eigenvalue weighted by Gasteiger charge is 2.35. The third-order valence-corrected chi connectivity index (χ3v) is 5.90. The zero-order valence-corrected chi connectivity index (χ0v) is 14.8. The number of likely N-dealkylation sites (tertiary alicyclic amines) is 1. The Morgan fingerprint density at radius 1 is 1.26 bits per heavy atom. The topological polar surface area (TPSA) is 40.5 Å². The van der Waals surface area contributed by atoms with E-state index < -0.39 is 12.0 Å². The van der Waals surface area contributed by atoms with E-state index in [1.54, 1.807) is 23.1 Å². The van der Waals surface area contributed by atoms with Crippen LogP contribution in [0.15, 0.2) is 46.0 Å². The van der Waals surface area contributed by atoms with E-state index in [1.165, 1.54) is 16.0 Å². The zero-order valence-electron chi connectivity index (χ0n) is 13.1. The van der Waals surface area contributed by atoms with Gasteiger partial charge >= 0.3 is 5.97 Å². The molecular weight excluding hydrogens is 326 g/mol. The Hall–Kier alpha value is -1.30. The quantitative estimate of drug-likeness (QED) is 0.809. The first kappa shape index (κ1) is 16.6. The van der Waals surface area contributed by atoms with E-state index in [4.69, 9.17) is 0 Å². The first-order valence-corrected chi connectivity index (χ1v) is 10.0. The predicted octanol–water partition coefficient (Wildman–Crippen LogP) is 4.50. The molecular formula is C18H21NO2S2. The number of thiophene rings is 1. The second kappa shape index (κ2) is 7.51. The van der Waals surface area contributed by atoms with Gasteiger partial charge in [0.1, 0.15) is 6.04 Å². The van der Waals surface area contributed by atoms with Crippen molar-refractivity contribution >= 4 is 29.1 Å². The molecule has 1 N–H and O–H groups in total. The lowest BCUT2D eigenvalue weighted by atomic mass is 9.93. The van der Waals surface area contributed by atoms with Crippen LogP contribution in [0.25, 0.3) is 0 Å². The molecule has 122 valence electrons. The van der Waals surface area contributed by atoms with Gasteiger partial charge in [-0.3, -0.25) is 9.69 Å². The Morgan fingerprint density at radius 2 is 2.04 bits per heavy atom. The summed E-state index contributed by atoms with van der Waals surface area (Å²) >= 11 is 3.39. The number of aliphatic carboxylic acids is 1. The van der Waals surface area contributed by atoms with Gasteiger partial charge in [0.15, 0.2) is 0 Å². The van der Waals surface area contributed by atoms with Crippen LogP contribution in [0.4, 0.5) is 0 Å². The molecule has 2 unspecified atom stereocenters. The SMILES string of the molecule is CSc1ccc(C(c2ccsc2)N2CCCCC2C(=O)O)cc1. The number of carbonyl (C=O) groups is 1. The van der Waals surface area contributed by atoms with Crippen LogP contribution in [0.5, 0.6) is 0 Å². The molecule has 1 aromatic heterocycles. The van der Waals surface area contributed by atoms with E-state index in [-0.39, 0.29) is 6.04 Å². The Morgan fingerprint density at radius 3 is 2.65 bits per heavy atom. The average Bonchev–Trinajstić information content (AvgIpc) is 3.10. The fourth-order valence-corrected chi connectivity index (χ4v) is 4.41. The van der Waals surface area contributed by atoms with Crippen molar-refractivity contribution in [3.8, 4) is 0 Å². The first-order valence-electron chi connectivity index (χ1n) is 7.85. The molecule has 1 saturated heterocycles. The van der Waals surface area contributed by atoms with Crippen molar-refractivity contribution < 1.29 is 9.90 Å². The number of nitrogens with zero attached hydrogens (tertiary/aromatic N) is 1. The Kier molecular flexibility index (Phi) is 5.41. The van der Waals surface area contributed by atoms with E-state index in [2.05, 4.69) is 52.2 Å². The summed E-state index contributed by atoms with van der Waals surface area (Å²) in [6.07, 6.45) is 4.86. The lowest BCUT2D eigenvalue weighted by Gasteiger charge is -2.39. The van der Waals surface area contributed by atoms with E-state index >= 15 is 0 Å². The van der Waals surface area contributed by atoms with E-state index in [1.807, 2.05) is 0 Å². The summed E-state index contributed by atoms with van der Waals surface area (Å²) in [5.41, 5.74) is 2.37. The van der Waals surface area contributed by atoms with Crippen LogP contribution in [-0.2, 0) is 4.79 Å². The van der Waals surface area contributed by atoms with Crippen molar-refractivity contribution in [2.45, 2.75) is 36.2 Å². The maximum atomic E-state index is 11.7. The minimum Gasteiger partial charge on any atom is -0.480 e. The number of rotatable bonds is 5. The molecule has 1 aliphatic heterocycles. The molecule has 1 fully saturated rings. The van der Waals surface area contributed by atoms with Crippen LogP contribution in [0.3, 0.4) is 0 Å². The van der Waals surface area contributed by atoms with Gasteiger partial charge in [-0.15, -0.1) is 11.8 Å². The summed E-state index contributed by atoms with van der Waals surface area (Å²) in [5, 5.41) is 13.8. The number of piperidine rings is 1. The molecule has 0 bridgehead atoms. The van der Waals surface area contributed by atoms with Crippen molar-refractivity contribution in [2.75, 3.05) is 12.8 Å². The van der Waals surface area contributed by atoms with Crippen LogP contribution in [0.1, 0.15) is 36.4 Å². The molecule has 0 saturated carbocycles. The third-order valence-electron chi connectivity index (χ3n) is 4.45. The van der Waals surface area contributed by atoms with Gasteiger partial charge in [0, 0.05) is 4.90 Å². The van der Waals surface area contributed by atoms with Crippen LogP contribution in [-0.4, -0.2) is 34.8 Å². The number of carboxylic acid groups (broad SMARTS) is 1. The highest BCUT2D eigenvalue weighted by Crippen LogP contribution is 2.35. The number of carboxylic acids is 1. The molecule has 1 aliphatic rings. The summed E-state index contributed by atoms with van der Waals surface area (Å²) < 4.78 is 0. The number of hydrogen-bond donors (Lipinski definition) is 1. The molecule has 2 aromatic rings. The Labute approximate surface area is 145 Å². The van der Waals surface area contributed by atoms with E-state index in [0.29, 0.717) is 0 Å². The first-order chi connectivity index (χ1) is 11.2. The number of benzene rings is 1. The maximum Gasteiger partial charge on any atom is 0.320 e. The predicted molar refractivity (Wildman–Crippen MR) is 96.4 cm³/mol. The van der Waals surface area contributed by atoms with E-state index in [0.717, 1.165) is 25.8 Å². The van der Waals surface area contributed by atoms with Crippen LogP contribution >= 0.6 is 23.1 Å². The zero-order chi connectivity index (χ0) is 16.2. The van der Waals surface area contributed by atoms with Gasteiger partial charge in [0.2, 0.25) is 0 Å². The summed E-state index contributed by atoms with van der Waals surface area (Å²) in [7, 11) is 0. The summed E-state index contributed by atoms with van der Waals surface area (Å²) in [6, 6.07) is 10.3. The number of hydrogen-bond acceptors (Lipinski definition) is 4. The molecule has 3 rings (SSSR count). The fraction of sp³-hybridized carbons (Fsp3) is 0.389. The monoisotopic (exact) mass is 347 g/mol. The highest BCUT2D eigenvalue weighted by atomic mass is 32.2. The van der Waals surface area contributed by atoms with E-state index in [9.17, 15) is 9.90 Å².